The summed E-state index contributed by atoms with van der Waals surface area (Å²) in [4.78, 5) is 21.2. The van der Waals surface area contributed by atoms with Crippen LogP contribution in [0.15, 0.2) is 71.2 Å². The van der Waals surface area contributed by atoms with E-state index >= 15 is 0 Å². The van der Waals surface area contributed by atoms with Gasteiger partial charge in [0.1, 0.15) is 5.82 Å². The lowest BCUT2D eigenvalue weighted by molar-refractivity contribution is -0.107. The number of hydrogen-bond donors (Lipinski definition) is 2. The highest BCUT2D eigenvalue weighted by Gasteiger charge is 2.10. The number of amides is 1. The third kappa shape index (κ3) is 4.05. The minimum Gasteiger partial charge on any atom is -0.368 e. The van der Waals surface area contributed by atoms with Crippen LogP contribution < -0.4 is 16.0 Å². The molecule has 1 amide bonds. The molecule has 144 valence electrons. The summed E-state index contributed by atoms with van der Waals surface area (Å²) < 4.78 is 0.968. The summed E-state index contributed by atoms with van der Waals surface area (Å²) in [5.74, 6) is 0.855. The predicted octanol–water partition coefficient (Wildman–Crippen LogP) is 4.98. The minimum atomic E-state index is 0.212. The van der Waals surface area contributed by atoms with Gasteiger partial charge in [-0.25, -0.2) is 4.98 Å². The van der Waals surface area contributed by atoms with Crippen molar-refractivity contribution in [1.29, 1.82) is 0 Å². The van der Waals surface area contributed by atoms with Crippen molar-refractivity contribution in [3.05, 3.63) is 71.2 Å². The highest BCUT2D eigenvalue weighted by Crippen LogP contribution is 2.31. The summed E-state index contributed by atoms with van der Waals surface area (Å²) in [7, 11) is 1.72. The van der Waals surface area contributed by atoms with E-state index in [1.807, 2.05) is 66.7 Å². The Balaban J connectivity index is 1.76. The van der Waals surface area contributed by atoms with Gasteiger partial charge in [0.05, 0.1) is 5.52 Å². The van der Waals surface area contributed by atoms with Gasteiger partial charge in [0.15, 0.2) is 0 Å². The van der Waals surface area contributed by atoms with Gasteiger partial charge < -0.3 is 16.0 Å². The lowest BCUT2D eigenvalue weighted by Crippen LogP contribution is -2.13. The van der Waals surface area contributed by atoms with E-state index in [1.165, 1.54) is 4.90 Å². The lowest BCUT2D eigenvalue weighted by Gasteiger charge is -2.13. The van der Waals surface area contributed by atoms with E-state index in [9.17, 15) is 4.79 Å². The molecule has 0 saturated heterocycles. The molecule has 3 N–H and O–H groups in total. The van der Waals surface area contributed by atoms with Crippen LogP contribution in [0.25, 0.3) is 22.0 Å². The fourth-order valence-corrected chi connectivity index (χ4v) is 3.47. The largest absolute Gasteiger partial charge is 0.368 e. The second-order valence-corrected chi connectivity index (χ2v) is 7.48. The average Bonchev–Trinajstić information content (AvgIpc) is 2.73. The highest BCUT2D eigenvalue weighted by molar-refractivity contribution is 9.10. The van der Waals surface area contributed by atoms with Crippen LogP contribution in [-0.4, -0.2) is 23.4 Å². The van der Waals surface area contributed by atoms with Crippen molar-refractivity contribution in [3.63, 3.8) is 0 Å². The van der Waals surface area contributed by atoms with Crippen LogP contribution in [-0.2, 0) is 4.79 Å². The van der Waals surface area contributed by atoms with E-state index in [0.717, 1.165) is 44.3 Å². The van der Waals surface area contributed by atoms with E-state index in [0.29, 0.717) is 5.82 Å². The van der Waals surface area contributed by atoms with Gasteiger partial charge in [-0.3, -0.25) is 4.79 Å². The Bertz CT molecular complexity index is 1190. The van der Waals surface area contributed by atoms with E-state index in [2.05, 4.69) is 31.2 Å². The fourth-order valence-electron chi connectivity index (χ4n) is 3.07. The molecular weight excluding hydrogens is 430 g/mol. The fraction of sp³-hybridized carbons (Fsp3) is 0.0455. The molecule has 1 heterocycles. The molecule has 0 spiro atoms. The van der Waals surface area contributed by atoms with Crippen LogP contribution >= 0.6 is 15.9 Å². The van der Waals surface area contributed by atoms with Gasteiger partial charge >= 0.3 is 0 Å². The van der Waals surface area contributed by atoms with Crippen molar-refractivity contribution in [2.24, 2.45) is 0 Å². The molecule has 7 heteroatoms. The summed E-state index contributed by atoms with van der Waals surface area (Å²) in [6.07, 6.45) is 0.784. The number of fused-ring (bicyclic) bond motifs is 1. The highest BCUT2D eigenvalue weighted by atomic mass is 79.9. The van der Waals surface area contributed by atoms with Crippen LogP contribution in [0.5, 0.6) is 0 Å². The van der Waals surface area contributed by atoms with Crippen LogP contribution in [0, 0.1) is 0 Å². The van der Waals surface area contributed by atoms with E-state index in [4.69, 9.17) is 5.73 Å². The first-order valence-electron chi connectivity index (χ1n) is 8.92. The third-order valence-corrected chi connectivity index (χ3v) is 5.06. The summed E-state index contributed by atoms with van der Waals surface area (Å²) in [5.41, 5.74) is 10.4. The molecule has 0 atom stereocenters. The zero-order chi connectivity index (χ0) is 20.4. The SMILES string of the molecule is CN(C=O)c1ccc(-c2ccc3nc(N)nc(Nc4cccc(Br)c4)c3c2)cc1. The molecule has 0 aliphatic carbocycles. The lowest BCUT2D eigenvalue weighted by atomic mass is 10.0. The van der Waals surface area contributed by atoms with Crippen molar-refractivity contribution >= 4 is 56.4 Å². The molecule has 3 aromatic carbocycles. The number of carbonyl (C=O) groups excluding carboxylic acids is 1. The van der Waals surface area contributed by atoms with Crippen molar-refractivity contribution in [3.8, 4) is 11.1 Å². The van der Waals surface area contributed by atoms with Crippen LogP contribution in [0.2, 0.25) is 0 Å². The number of anilines is 4. The van der Waals surface area contributed by atoms with Gasteiger partial charge in [0.25, 0.3) is 0 Å². The number of nitrogen functional groups attached to an aromatic ring is 1. The molecule has 4 aromatic rings. The van der Waals surface area contributed by atoms with Crippen molar-refractivity contribution in [2.75, 3.05) is 23.0 Å². The maximum atomic E-state index is 10.9. The molecule has 29 heavy (non-hydrogen) atoms. The number of halogens is 1. The second-order valence-electron chi connectivity index (χ2n) is 6.56. The normalized spacial score (nSPS) is 10.7. The number of nitrogens with one attached hydrogen (secondary N) is 1. The Labute approximate surface area is 176 Å². The number of benzene rings is 3. The van der Waals surface area contributed by atoms with Crippen molar-refractivity contribution in [2.45, 2.75) is 0 Å². The third-order valence-electron chi connectivity index (χ3n) is 4.57. The molecule has 0 aliphatic heterocycles. The van der Waals surface area contributed by atoms with Gasteiger partial charge in [-0.2, -0.15) is 4.98 Å². The predicted molar refractivity (Wildman–Crippen MR) is 121 cm³/mol. The van der Waals surface area contributed by atoms with Gasteiger partial charge in [0, 0.05) is 28.3 Å². The maximum absolute atomic E-state index is 10.9. The summed E-state index contributed by atoms with van der Waals surface area (Å²) >= 11 is 3.48. The molecule has 0 unspecified atom stereocenters. The zero-order valence-electron chi connectivity index (χ0n) is 15.6. The Morgan fingerprint density at radius 1 is 1.00 bits per heavy atom. The molecule has 4 rings (SSSR count). The zero-order valence-corrected chi connectivity index (χ0v) is 17.2. The van der Waals surface area contributed by atoms with E-state index < -0.39 is 0 Å². The number of nitrogens with zero attached hydrogens (tertiary/aromatic N) is 3. The van der Waals surface area contributed by atoms with Crippen molar-refractivity contribution < 1.29 is 4.79 Å². The van der Waals surface area contributed by atoms with Crippen LogP contribution in [0.1, 0.15) is 0 Å². The first kappa shape index (κ1) is 18.9. The molecular formula is C22H18BrN5O. The number of hydrogen-bond acceptors (Lipinski definition) is 5. The quantitative estimate of drug-likeness (QED) is 0.421. The number of carbonyl (C=O) groups is 1. The first-order valence-corrected chi connectivity index (χ1v) is 9.71. The monoisotopic (exact) mass is 447 g/mol. The number of aromatic nitrogens is 2. The summed E-state index contributed by atoms with van der Waals surface area (Å²) in [6, 6.07) is 21.6. The molecule has 6 nitrogen and oxygen atoms in total. The Hall–Kier alpha value is -3.45. The van der Waals surface area contributed by atoms with E-state index in [1.54, 1.807) is 7.05 Å². The molecule has 1 aromatic heterocycles. The molecule has 0 aliphatic rings. The van der Waals surface area contributed by atoms with Crippen LogP contribution in [0.4, 0.5) is 23.1 Å². The maximum Gasteiger partial charge on any atom is 0.222 e. The van der Waals surface area contributed by atoms with E-state index in [-0.39, 0.29) is 5.95 Å². The standard InChI is InChI=1S/C22H18BrN5O/c1-28(13-29)18-8-5-14(6-9-18)15-7-10-20-19(11-15)21(27-22(24)26-20)25-17-4-2-3-16(23)12-17/h2-13H,1H3,(H3,24,25,26,27). The van der Waals surface area contributed by atoms with Crippen molar-refractivity contribution in [1.82, 2.24) is 9.97 Å². The molecule has 0 saturated carbocycles. The molecule has 0 fully saturated rings. The van der Waals surface area contributed by atoms with Gasteiger partial charge in [-0.05, 0) is 53.6 Å². The summed E-state index contributed by atoms with van der Waals surface area (Å²) in [5, 5.41) is 4.20. The Kier molecular flexibility index (Phi) is 5.14. The van der Waals surface area contributed by atoms with Gasteiger partial charge in [-0.1, -0.05) is 40.2 Å². The number of rotatable bonds is 5. The molecule has 0 radical (unpaired) electrons. The topological polar surface area (TPSA) is 84.1 Å². The average molecular weight is 448 g/mol. The number of nitrogens with two attached hydrogens (primary N) is 1. The summed E-state index contributed by atoms with van der Waals surface area (Å²) in [6.45, 7) is 0. The van der Waals surface area contributed by atoms with Crippen LogP contribution in [0.3, 0.4) is 0 Å². The second kappa shape index (κ2) is 7.89. The Morgan fingerprint density at radius 2 is 1.76 bits per heavy atom. The minimum absolute atomic E-state index is 0.212. The van der Waals surface area contributed by atoms with Gasteiger partial charge in [0.2, 0.25) is 12.4 Å². The Morgan fingerprint density at radius 3 is 2.48 bits per heavy atom. The smallest absolute Gasteiger partial charge is 0.222 e. The first-order chi connectivity index (χ1) is 14.0. The van der Waals surface area contributed by atoms with Gasteiger partial charge in [-0.15, -0.1) is 0 Å². The molecule has 0 bridgehead atoms.